The lowest BCUT2D eigenvalue weighted by Gasteiger charge is -2.26. The van der Waals surface area contributed by atoms with Crippen molar-refractivity contribution in [1.29, 1.82) is 0 Å². The molecule has 2 saturated heterocycles. The van der Waals surface area contributed by atoms with Gasteiger partial charge in [0.25, 0.3) is 11.8 Å². The fraction of sp³-hybridized carbons (Fsp3) is 0.346. The van der Waals surface area contributed by atoms with E-state index >= 15 is 0 Å². The smallest absolute Gasteiger partial charge is 0.266 e. The highest BCUT2D eigenvalue weighted by molar-refractivity contribution is 8.18. The normalized spacial score (nSPS) is 19.2. The first kappa shape index (κ1) is 23.3. The Kier molecular flexibility index (Phi) is 7.30. The van der Waals surface area contributed by atoms with E-state index in [9.17, 15) is 9.59 Å². The van der Waals surface area contributed by atoms with E-state index in [1.54, 1.807) is 21.9 Å². The van der Waals surface area contributed by atoms with Crippen LogP contribution in [0.25, 0.3) is 6.08 Å². The Morgan fingerprint density at radius 3 is 2.55 bits per heavy atom. The van der Waals surface area contributed by atoms with Crippen LogP contribution in [0.4, 0.5) is 5.69 Å². The van der Waals surface area contributed by atoms with Crippen molar-refractivity contribution >= 4 is 40.5 Å². The number of amides is 2. The lowest BCUT2D eigenvalue weighted by Crippen LogP contribution is -2.40. The first-order chi connectivity index (χ1) is 16.0. The highest BCUT2D eigenvalue weighted by Gasteiger charge is 2.32. The van der Waals surface area contributed by atoms with Crippen LogP contribution < -0.4 is 0 Å². The van der Waals surface area contributed by atoms with Crippen LogP contribution in [0, 0.1) is 0 Å². The minimum absolute atomic E-state index is 0.0201. The summed E-state index contributed by atoms with van der Waals surface area (Å²) < 4.78 is 5.34. The minimum atomic E-state index is -0.0465. The van der Waals surface area contributed by atoms with Crippen LogP contribution >= 0.6 is 11.8 Å². The van der Waals surface area contributed by atoms with Gasteiger partial charge in [-0.05, 0) is 60.0 Å². The number of amidine groups is 1. The maximum absolute atomic E-state index is 13.0. The van der Waals surface area contributed by atoms with Gasteiger partial charge in [0.05, 0.1) is 23.8 Å². The quantitative estimate of drug-likeness (QED) is 0.592. The van der Waals surface area contributed by atoms with Crippen molar-refractivity contribution < 1.29 is 14.3 Å². The highest BCUT2D eigenvalue weighted by atomic mass is 32.2. The maximum atomic E-state index is 13.0. The molecule has 0 aromatic heterocycles. The van der Waals surface area contributed by atoms with E-state index in [4.69, 9.17) is 9.73 Å². The van der Waals surface area contributed by atoms with Gasteiger partial charge in [0.1, 0.15) is 0 Å². The molecule has 2 heterocycles. The summed E-state index contributed by atoms with van der Waals surface area (Å²) >= 11 is 1.37. The second kappa shape index (κ2) is 10.4. The molecule has 172 valence electrons. The van der Waals surface area contributed by atoms with Gasteiger partial charge in [-0.2, -0.15) is 0 Å². The maximum Gasteiger partial charge on any atom is 0.266 e. The van der Waals surface area contributed by atoms with Crippen molar-refractivity contribution in [3.8, 4) is 0 Å². The first-order valence-electron chi connectivity index (χ1n) is 11.3. The lowest BCUT2D eigenvalue weighted by molar-refractivity contribution is -0.122. The van der Waals surface area contributed by atoms with Crippen LogP contribution in [0.2, 0.25) is 0 Å². The van der Waals surface area contributed by atoms with Gasteiger partial charge in [0.2, 0.25) is 0 Å². The van der Waals surface area contributed by atoms with Crippen molar-refractivity contribution in [2.75, 3.05) is 32.8 Å². The number of likely N-dealkylation sites (N-methyl/N-ethyl adjacent to an activating group) is 1. The summed E-state index contributed by atoms with van der Waals surface area (Å²) in [6, 6.07) is 15.6. The molecule has 0 unspecified atom stereocenters. The molecule has 2 aromatic rings. The zero-order valence-electron chi connectivity index (χ0n) is 19.3. The van der Waals surface area contributed by atoms with Gasteiger partial charge < -0.3 is 9.64 Å². The van der Waals surface area contributed by atoms with Gasteiger partial charge in [0, 0.05) is 25.2 Å². The number of nitrogens with zero attached hydrogens (tertiary/aromatic N) is 3. The number of aliphatic imine (C=N–C) groups is 1. The number of carbonyl (C=O) groups is 2. The molecule has 2 aliphatic rings. The van der Waals surface area contributed by atoms with E-state index in [0.717, 1.165) is 5.56 Å². The standard InChI is InChI=1S/C26H29N3O3S/c1-4-29-25(31)23(16-19-8-10-20(11-9-19)18(2)3)33-26(29)27-22-7-5-6-21(17-22)24(30)28-12-14-32-15-13-28/h5-11,16-18H,4,12-15H2,1-3H3/b23-16+,27-26?. The fourth-order valence-corrected chi connectivity index (χ4v) is 4.83. The number of morpholine rings is 1. The average Bonchev–Trinajstić information content (AvgIpc) is 3.13. The molecule has 7 heteroatoms. The molecule has 0 atom stereocenters. The van der Waals surface area contributed by atoms with Crippen molar-refractivity contribution in [3.63, 3.8) is 0 Å². The SMILES string of the molecule is CCN1C(=O)/C(=C\c2ccc(C(C)C)cc2)SC1=Nc1cccc(C(=O)N2CCOCC2)c1. The number of thioether (sulfide) groups is 1. The Hall–Kier alpha value is -2.90. The molecule has 0 radical (unpaired) electrons. The second-order valence-corrected chi connectivity index (χ2v) is 9.34. The topological polar surface area (TPSA) is 62.2 Å². The number of ether oxygens (including phenoxy) is 1. The van der Waals surface area contributed by atoms with Crippen molar-refractivity contribution in [1.82, 2.24) is 9.80 Å². The molecule has 0 aliphatic carbocycles. The van der Waals surface area contributed by atoms with Crippen LogP contribution in [0.3, 0.4) is 0 Å². The molecule has 6 nitrogen and oxygen atoms in total. The first-order valence-corrected chi connectivity index (χ1v) is 12.1. The molecular formula is C26H29N3O3S. The zero-order chi connectivity index (χ0) is 23.4. The highest BCUT2D eigenvalue weighted by Crippen LogP contribution is 2.34. The number of hydrogen-bond donors (Lipinski definition) is 0. The number of hydrogen-bond acceptors (Lipinski definition) is 5. The van der Waals surface area contributed by atoms with Gasteiger partial charge in [-0.1, -0.05) is 44.2 Å². The molecule has 2 aliphatic heterocycles. The molecule has 0 N–H and O–H groups in total. The van der Waals surface area contributed by atoms with E-state index in [-0.39, 0.29) is 11.8 Å². The predicted molar refractivity (Wildman–Crippen MR) is 134 cm³/mol. The third-order valence-electron chi connectivity index (χ3n) is 5.72. The molecule has 4 rings (SSSR count). The molecule has 0 spiro atoms. The van der Waals surface area contributed by atoms with Crippen LogP contribution in [-0.2, 0) is 9.53 Å². The van der Waals surface area contributed by atoms with Gasteiger partial charge in [-0.25, -0.2) is 4.99 Å². The third kappa shape index (κ3) is 5.37. The largest absolute Gasteiger partial charge is 0.378 e. The summed E-state index contributed by atoms with van der Waals surface area (Å²) in [5.41, 5.74) is 3.51. The Labute approximate surface area is 199 Å². The Bertz CT molecular complexity index is 1090. The van der Waals surface area contributed by atoms with Gasteiger partial charge in [-0.15, -0.1) is 0 Å². The molecule has 2 fully saturated rings. The molecule has 2 aromatic carbocycles. The Morgan fingerprint density at radius 2 is 1.88 bits per heavy atom. The predicted octanol–water partition coefficient (Wildman–Crippen LogP) is 4.91. The number of rotatable bonds is 5. The van der Waals surface area contributed by atoms with E-state index in [1.807, 2.05) is 37.3 Å². The second-order valence-electron chi connectivity index (χ2n) is 8.33. The molecule has 33 heavy (non-hydrogen) atoms. The van der Waals surface area contributed by atoms with Crippen molar-refractivity contribution in [2.45, 2.75) is 26.7 Å². The molecular weight excluding hydrogens is 434 g/mol. The van der Waals surface area contributed by atoms with Crippen LogP contribution in [-0.4, -0.2) is 59.6 Å². The molecule has 2 amide bonds. The van der Waals surface area contributed by atoms with Crippen LogP contribution in [0.5, 0.6) is 0 Å². The summed E-state index contributed by atoms with van der Waals surface area (Å²) in [7, 11) is 0. The average molecular weight is 464 g/mol. The Balaban J connectivity index is 1.56. The van der Waals surface area contributed by atoms with Gasteiger partial charge in [0.15, 0.2) is 5.17 Å². The monoisotopic (exact) mass is 463 g/mol. The fourth-order valence-electron chi connectivity index (χ4n) is 3.77. The number of benzene rings is 2. The van der Waals surface area contributed by atoms with E-state index in [1.165, 1.54) is 17.3 Å². The van der Waals surface area contributed by atoms with Crippen LogP contribution in [0.1, 0.15) is 48.2 Å². The Morgan fingerprint density at radius 1 is 1.15 bits per heavy atom. The summed E-state index contributed by atoms with van der Waals surface area (Å²) in [5, 5.41) is 0.628. The van der Waals surface area contributed by atoms with E-state index < -0.39 is 0 Å². The summed E-state index contributed by atoms with van der Waals surface area (Å²) in [6.45, 7) is 9.11. The summed E-state index contributed by atoms with van der Waals surface area (Å²) in [6.07, 6.45) is 1.92. The van der Waals surface area contributed by atoms with E-state index in [2.05, 4.69) is 26.0 Å². The minimum Gasteiger partial charge on any atom is -0.378 e. The van der Waals surface area contributed by atoms with Crippen LogP contribution in [0.15, 0.2) is 58.4 Å². The van der Waals surface area contributed by atoms with Gasteiger partial charge in [-0.3, -0.25) is 14.5 Å². The zero-order valence-corrected chi connectivity index (χ0v) is 20.1. The summed E-state index contributed by atoms with van der Waals surface area (Å²) in [4.78, 5) is 34.7. The van der Waals surface area contributed by atoms with Crippen molar-refractivity contribution in [3.05, 3.63) is 70.1 Å². The third-order valence-corrected chi connectivity index (χ3v) is 6.73. The van der Waals surface area contributed by atoms with Gasteiger partial charge >= 0.3 is 0 Å². The van der Waals surface area contributed by atoms with Crippen molar-refractivity contribution in [2.24, 2.45) is 4.99 Å². The number of carbonyl (C=O) groups excluding carboxylic acids is 2. The lowest BCUT2D eigenvalue weighted by atomic mass is 10.0. The van der Waals surface area contributed by atoms with E-state index in [0.29, 0.717) is 60.1 Å². The molecule has 0 saturated carbocycles. The molecule has 0 bridgehead atoms. The summed E-state index contributed by atoms with van der Waals surface area (Å²) in [5.74, 6) is 0.400.